The van der Waals surface area contributed by atoms with E-state index in [0.717, 1.165) is 29.0 Å². The van der Waals surface area contributed by atoms with Crippen molar-refractivity contribution in [1.82, 2.24) is 0 Å². The average Bonchev–Trinajstić information content (AvgIpc) is 3.02. The van der Waals surface area contributed by atoms with Gasteiger partial charge in [0.2, 0.25) is 0 Å². The van der Waals surface area contributed by atoms with E-state index in [4.69, 9.17) is 9.47 Å². The highest BCUT2D eigenvalue weighted by molar-refractivity contribution is 6.00. The lowest BCUT2D eigenvalue weighted by Gasteiger charge is -2.25. The van der Waals surface area contributed by atoms with Crippen molar-refractivity contribution in [3.63, 3.8) is 0 Å². The van der Waals surface area contributed by atoms with Crippen LogP contribution in [0.3, 0.4) is 0 Å². The minimum Gasteiger partial charge on any atom is -0.494 e. The molecule has 2 aromatic rings. The number of esters is 1. The number of hydrogen-bond donors (Lipinski definition) is 0. The van der Waals surface area contributed by atoms with Gasteiger partial charge in [-0.05, 0) is 62.6 Å². The zero-order valence-corrected chi connectivity index (χ0v) is 16.4. The molecule has 0 saturated carbocycles. The van der Waals surface area contributed by atoms with Crippen LogP contribution in [0.2, 0.25) is 0 Å². The fraction of sp³-hybridized carbons (Fsp3) is 0.304. The fourth-order valence-corrected chi connectivity index (χ4v) is 3.37. The molecule has 0 bridgehead atoms. The van der Waals surface area contributed by atoms with Gasteiger partial charge in [-0.1, -0.05) is 30.3 Å². The van der Waals surface area contributed by atoms with E-state index in [1.54, 1.807) is 17.9 Å². The third-order valence-corrected chi connectivity index (χ3v) is 4.69. The number of rotatable bonds is 6. The van der Waals surface area contributed by atoms with Crippen molar-refractivity contribution in [2.24, 2.45) is 0 Å². The third-order valence-electron chi connectivity index (χ3n) is 4.69. The van der Waals surface area contributed by atoms with Gasteiger partial charge >= 0.3 is 5.97 Å². The standard InChI is InChI=1S/C23H25NO4/c1-4-27-20-12-9-18(10-13-20)11-14-22(25)28-17(3)23(26)24-16(2)15-19-7-5-6-8-21(19)24/h5-14,16-17H,4,15H2,1-3H3/b14-11+/t16-,17-/m1/s1. The van der Waals surface area contributed by atoms with Crippen LogP contribution in [0, 0.1) is 0 Å². The van der Waals surface area contributed by atoms with Gasteiger partial charge in [0.25, 0.3) is 5.91 Å². The van der Waals surface area contributed by atoms with E-state index in [1.807, 2.05) is 62.4 Å². The van der Waals surface area contributed by atoms with Crippen LogP contribution in [0.15, 0.2) is 54.6 Å². The van der Waals surface area contributed by atoms with Crippen molar-refractivity contribution in [3.05, 3.63) is 65.7 Å². The highest BCUT2D eigenvalue weighted by Crippen LogP contribution is 2.32. The number of amides is 1. The topological polar surface area (TPSA) is 55.8 Å². The van der Waals surface area contributed by atoms with Crippen LogP contribution in [0.25, 0.3) is 6.08 Å². The molecule has 3 rings (SSSR count). The minimum atomic E-state index is -0.855. The van der Waals surface area contributed by atoms with Gasteiger partial charge in [0.1, 0.15) is 5.75 Å². The summed E-state index contributed by atoms with van der Waals surface area (Å²) in [5.74, 6) is 0.0246. The zero-order valence-electron chi connectivity index (χ0n) is 16.4. The predicted molar refractivity (Wildman–Crippen MR) is 109 cm³/mol. The Morgan fingerprint density at radius 2 is 1.89 bits per heavy atom. The molecular formula is C23H25NO4. The second-order valence-electron chi connectivity index (χ2n) is 6.80. The number of carbonyl (C=O) groups excluding carboxylic acids is 2. The lowest BCUT2D eigenvalue weighted by molar-refractivity contribution is -0.149. The van der Waals surface area contributed by atoms with Gasteiger partial charge in [0, 0.05) is 17.8 Å². The first-order valence-corrected chi connectivity index (χ1v) is 9.52. The van der Waals surface area contributed by atoms with Gasteiger partial charge in [-0.25, -0.2) is 4.79 Å². The predicted octanol–water partition coefficient (Wildman–Crippen LogP) is 4.01. The molecule has 0 aromatic heterocycles. The molecule has 0 saturated heterocycles. The van der Waals surface area contributed by atoms with E-state index < -0.39 is 12.1 Å². The molecule has 5 heteroatoms. The summed E-state index contributed by atoms with van der Waals surface area (Å²) in [6.45, 7) is 6.14. The highest BCUT2D eigenvalue weighted by Gasteiger charge is 2.34. The lowest BCUT2D eigenvalue weighted by atomic mass is 10.1. The Labute approximate surface area is 165 Å². The van der Waals surface area contributed by atoms with E-state index >= 15 is 0 Å². The summed E-state index contributed by atoms with van der Waals surface area (Å²) >= 11 is 0. The number of fused-ring (bicyclic) bond motifs is 1. The largest absolute Gasteiger partial charge is 0.494 e. The number of nitrogens with zero attached hydrogens (tertiary/aromatic N) is 1. The molecule has 1 aliphatic rings. The van der Waals surface area contributed by atoms with Crippen LogP contribution >= 0.6 is 0 Å². The zero-order chi connectivity index (χ0) is 20.1. The molecule has 1 amide bonds. The van der Waals surface area contributed by atoms with E-state index in [2.05, 4.69) is 0 Å². The number of para-hydroxylation sites is 1. The summed E-state index contributed by atoms with van der Waals surface area (Å²) in [7, 11) is 0. The molecular weight excluding hydrogens is 354 g/mol. The van der Waals surface area contributed by atoms with Gasteiger partial charge in [0.05, 0.1) is 6.61 Å². The number of ether oxygens (including phenoxy) is 2. The van der Waals surface area contributed by atoms with Gasteiger partial charge in [0.15, 0.2) is 6.10 Å². The average molecular weight is 379 g/mol. The summed E-state index contributed by atoms with van der Waals surface area (Å²) in [4.78, 5) is 26.7. The van der Waals surface area contributed by atoms with E-state index in [9.17, 15) is 9.59 Å². The van der Waals surface area contributed by atoms with Gasteiger partial charge < -0.3 is 14.4 Å². The quantitative estimate of drug-likeness (QED) is 0.562. The number of anilines is 1. The molecule has 0 radical (unpaired) electrons. The first kappa shape index (κ1) is 19.7. The second kappa shape index (κ2) is 8.74. The summed E-state index contributed by atoms with van der Waals surface area (Å²) < 4.78 is 10.7. The Morgan fingerprint density at radius 3 is 2.61 bits per heavy atom. The number of benzene rings is 2. The Balaban J connectivity index is 1.60. The van der Waals surface area contributed by atoms with Crippen LogP contribution < -0.4 is 9.64 Å². The Bertz CT molecular complexity index is 872. The molecule has 0 unspecified atom stereocenters. The Hall–Kier alpha value is -3.08. The molecule has 2 aromatic carbocycles. The molecule has 0 aliphatic carbocycles. The molecule has 5 nitrogen and oxygen atoms in total. The van der Waals surface area contributed by atoms with Crippen molar-refractivity contribution in [2.45, 2.75) is 39.3 Å². The van der Waals surface area contributed by atoms with E-state index in [-0.39, 0.29) is 11.9 Å². The van der Waals surface area contributed by atoms with Crippen molar-refractivity contribution in [1.29, 1.82) is 0 Å². The van der Waals surface area contributed by atoms with Crippen molar-refractivity contribution >= 4 is 23.6 Å². The van der Waals surface area contributed by atoms with Crippen LogP contribution in [-0.2, 0) is 20.7 Å². The molecule has 0 spiro atoms. The molecule has 146 valence electrons. The Morgan fingerprint density at radius 1 is 1.18 bits per heavy atom. The first-order chi connectivity index (χ1) is 13.5. The first-order valence-electron chi connectivity index (χ1n) is 9.52. The fourth-order valence-electron chi connectivity index (χ4n) is 3.37. The van der Waals surface area contributed by atoms with E-state index in [0.29, 0.717) is 6.61 Å². The van der Waals surface area contributed by atoms with Gasteiger partial charge in [-0.2, -0.15) is 0 Å². The lowest BCUT2D eigenvalue weighted by Crippen LogP contribution is -2.43. The third kappa shape index (κ3) is 4.42. The van der Waals surface area contributed by atoms with Crippen molar-refractivity contribution < 1.29 is 19.1 Å². The van der Waals surface area contributed by atoms with Gasteiger partial charge in [-0.3, -0.25) is 4.79 Å². The summed E-state index contributed by atoms with van der Waals surface area (Å²) in [5, 5.41) is 0. The monoisotopic (exact) mass is 379 g/mol. The molecule has 0 fully saturated rings. The number of hydrogen-bond acceptors (Lipinski definition) is 4. The number of carbonyl (C=O) groups is 2. The Kier molecular flexibility index (Phi) is 6.14. The molecule has 2 atom stereocenters. The van der Waals surface area contributed by atoms with Crippen LogP contribution in [0.1, 0.15) is 31.9 Å². The summed E-state index contributed by atoms with van der Waals surface area (Å²) in [6, 6.07) is 15.3. The molecule has 0 N–H and O–H groups in total. The van der Waals surface area contributed by atoms with E-state index in [1.165, 1.54) is 6.08 Å². The maximum absolute atomic E-state index is 12.8. The normalized spacial score (nSPS) is 16.7. The van der Waals surface area contributed by atoms with Crippen molar-refractivity contribution in [2.75, 3.05) is 11.5 Å². The molecule has 1 heterocycles. The summed E-state index contributed by atoms with van der Waals surface area (Å²) in [6.07, 6.45) is 2.94. The minimum absolute atomic E-state index is 0.0467. The summed E-state index contributed by atoms with van der Waals surface area (Å²) in [5.41, 5.74) is 2.88. The smallest absolute Gasteiger partial charge is 0.331 e. The maximum Gasteiger partial charge on any atom is 0.331 e. The maximum atomic E-state index is 12.8. The van der Waals surface area contributed by atoms with Crippen molar-refractivity contribution in [3.8, 4) is 5.75 Å². The second-order valence-corrected chi connectivity index (χ2v) is 6.80. The molecule has 28 heavy (non-hydrogen) atoms. The SMILES string of the molecule is CCOc1ccc(/C=C/C(=O)O[C@H](C)C(=O)N2c3ccccc3C[C@H]2C)cc1. The molecule has 1 aliphatic heterocycles. The van der Waals surface area contributed by atoms with Crippen LogP contribution in [0.4, 0.5) is 5.69 Å². The van der Waals surface area contributed by atoms with Crippen LogP contribution in [0.5, 0.6) is 5.75 Å². The van der Waals surface area contributed by atoms with Crippen LogP contribution in [-0.4, -0.2) is 30.6 Å². The van der Waals surface area contributed by atoms with Gasteiger partial charge in [-0.15, -0.1) is 0 Å². The highest BCUT2D eigenvalue weighted by atomic mass is 16.5.